The van der Waals surface area contributed by atoms with Crippen molar-refractivity contribution in [1.29, 1.82) is 0 Å². The first-order chi connectivity index (χ1) is 7.59. The quantitative estimate of drug-likeness (QED) is 0.644. The molecule has 1 aromatic heterocycles. The van der Waals surface area contributed by atoms with Crippen LogP contribution in [0.2, 0.25) is 0 Å². The maximum atomic E-state index is 13.7. The van der Waals surface area contributed by atoms with Crippen LogP contribution in [0.4, 0.5) is 15.2 Å². The van der Waals surface area contributed by atoms with Crippen LogP contribution in [0.5, 0.6) is 0 Å². The van der Waals surface area contributed by atoms with Crippen molar-refractivity contribution >= 4 is 22.2 Å². The van der Waals surface area contributed by atoms with Crippen molar-refractivity contribution in [1.82, 2.24) is 4.98 Å². The fourth-order valence-electron chi connectivity index (χ4n) is 1.27. The van der Waals surface area contributed by atoms with Gasteiger partial charge in [0, 0.05) is 17.0 Å². The van der Waals surface area contributed by atoms with E-state index in [0.717, 1.165) is 17.4 Å². The number of halogens is 1. The molecule has 0 amide bonds. The molecular formula is C9H6FN3O2S. The molecule has 0 bridgehead atoms. The number of nitrogens with zero attached hydrogens (tertiary/aromatic N) is 2. The van der Waals surface area contributed by atoms with Crippen LogP contribution in [0.15, 0.2) is 23.6 Å². The van der Waals surface area contributed by atoms with Gasteiger partial charge in [0.05, 0.1) is 10.6 Å². The number of anilines is 1. The van der Waals surface area contributed by atoms with Crippen molar-refractivity contribution in [2.75, 3.05) is 5.73 Å². The van der Waals surface area contributed by atoms with Crippen molar-refractivity contribution in [3.8, 4) is 11.3 Å². The molecule has 0 radical (unpaired) electrons. The van der Waals surface area contributed by atoms with Crippen LogP contribution in [0.25, 0.3) is 11.3 Å². The molecule has 0 aliphatic carbocycles. The molecule has 82 valence electrons. The first-order valence-electron chi connectivity index (χ1n) is 4.24. The van der Waals surface area contributed by atoms with Crippen LogP contribution in [0, 0.1) is 15.9 Å². The third-order valence-electron chi connectivity index (χ3n) is 1.97. The highest BCUT2D eigenvalue weighted by atomic mass is 32.1. The summed E-state index contributed by atoms with van der Waals surface area (Å²) >= 11 is 1.15. The number of hydrogen-bond donors (Lipinski definition) is 1. The van der Waals surface area contributed by atoms with Gasteiger partial charge in [0.1, 0.15) is 0 Å². The molecule has 0 aliphatic heterocycles. The fraction of sp³-hybridized carbons (Fsp3) is 0. The maximum Gasteiger partial charge on any atom is 0.305 e. The van der Waals surface area contributed by atoms with E-state index in [0.29, 0.717) is 10.8 Å². The van der Waals surface area contributed by atoms with Gasteiger partial charge in [-0.1, -0.05) is 6.07 Å². The van der Waals surface area contributed by atoms with E-state index < -0.39 is 16.4 Å². The predicted molar refractivity (Wildman–Crippen MR) is 58.6 cm³/mol. The molecule has 0 spiro atoms. The summed E-state index contributed by atoms with van der Waals surface area (Å²) in [6, 6.07) is 3.94. The summed E-state index contributed by atoms with van der Waals surface area (Å²) in [7, 11) is 0. The molecule has 2 rings (SSSR count). The lowest BCUT2D eigenvalue weighted by atomic mass is 10.1. The lowest BCUT2D eigenvalue weighted by Gasteiger charge is -1.99. The molecule has 0 fully saturated rings. The van der Waals surface area contributed by atoms with Crippen LogP contribution in [0.3, 0.4) is 0 Å². The Balaban J connectivity index is 2.58. The molecule has 2 N–H and O–H groups in total. The minimum atomic E-state index is -0.891. The van der Waals surface area contributed by atoms with Gasteiger partial charge in [-0.3, -0.25) is 10.1 Å². The van der Waals surface area contributed by atoms with Crippen molar-refractivity contribution in [3.63, 3.8) is 0 Å². The number of hydrogen-bond acceptors (Lipinski definition) is 5. The van der Waals surface area contributed by atoms with E-state index in [2.05, 4.69) is 4.98 Å². The first kappa shape index (κ1) is 10.5. The van der Waals surface area contributed by atoms with Gasteiger partial charge in [0.2, 0.25) is 5.82 Å². The third kappa shape index (κ3) is 1.72. The van der Waals surface area contributed by atoms with Crippen LogP contribution in [-0.2, 0) is 0 Å². The van der Waals surface area contributed by atoms with Crippen molar-refractivity contribution in [2.45, 2.75) is 0 Å². The molecule has 1 aromatic carbocycles. The molecule has 0 saturated carbocycles. The summed E-state index contributed by atoms with van der Waals surface area (Å²) in [5.74, 6) is -0.891. The molecule has 1 heterocycles. The molecule has 5 nitrogen and oxygen atoms in total. The molecule has 0 unspecified atom stereocenters. The summed E-state index contributed by atoms with van der Waals surface area (Å²) in [6.07, 6.45) is 0. The van der Waals surface area contributed by atoms with Crippen LogP contribution in [-0.4, -0.2) is 9.91 Å². The number of nitro benzene ring substituents is 1. The van der Waals surface area contributed by atoms with E-state index in [-0.39, 0.29) is 5.56 Å². The zero-order chi connectivity index (χ0) is 11.7. The topological polar surface area (TPSA) is 82.0 Å². The van der Waals surface area contributed by atoms with Gasteiger partial charge in [0.25, 0.3) is 0 Å². The number of nitrogens with two attached hydrogens (primary N) is 1. The minimum absolute atomic E-state index is 0.0853. The normalized spacial score (nSPS) is 10.3. The van der Waals surface area contributed by atoms with Crippen LogP contribution in [0.1, 0.15) is 0 Å². The molecule has 0 atom stereocenters. The molecule has 0 saturated heterocycles. The predicted octanol–water partition coefficient (Wildman–Crippen LogP) is 2.44. The Kier molecular flexibility index (Phi) is 2.53. The Labute approximate surface area is 93.5 Å². The van der Waals surface area contributed by atoms with Gasteiger partial charge in [0.15, 0.2) is 5.13 Å². The van der Waals surface area contributed by atoms with Gasteiger partial charge < -0.3 is 5.73 Å². The second-order valence-electron chi connectivity index (χ2n) is 2.97. The molecule has 2 aromatic rings. The largest absolute Gasteiger partial charge is 0.375 e. The summed E-state index contributed by atoms with van der Waals surface area (Å²) in [4.78, 5) is 13.6. The Morgan fingerprint density at radius 2 is 2.25 bits per heavy atom. The zero-order valence-electron chi connectivity index (χ0n) is 7.88. The molecule has 16 heavy (non-hydrogen) atoms. The van der Waals surface area contributed by atoms with Crippen LogP contribution >= 0.6 is 11.3 Å². The molecular weight excluding hydrogens is 233 g/mol. The van der Waals surface area contributed by atoms with E-state index in [1.54, 1.807) is 5.38 Å². The molecule has 7 heteroatoms. The minimum Gasteiger partial charge on any atom is -0.375 e. The monoisotopic (exact) mass is 239 g/mol. The number of thiazole rings is 1. The lowest BCUT2D eigenvalue weighted by molar-refractivity contribution is -0.387. The zero-order valence-corrected chi connectivity index (χ0v) is 8.70. The maximum absolute atomic E-state index is 13.7. The van der Waals surface area contributed by atoms with E-state index in [9.17, 15) is 14.5 Å². The molecule has 0 aliphatic rings. The Hall–Kier alpha value is -2.02. The van der Waals surface area contributed by atoms with Gasteiger partial charge in [-0.2, -0.15) is 4.39 Å². The van der Waals surface area contributed by atoms with Gasteiger partial charge >= 0.3 is 5.69 Å². The van der Waals surface area contributed by atoms with Gasteiger partial charge in [-0.25, -0.2) is 4.98 Å². The number of rotatable bonds is 2. The number of nitrogen functional groups attached to an aromatic ring is 1. The Bertz CT molecular complexity index is 555. The summed E-state index contributed by atoms with van der Waals surface area (Å²) in [5.41, 5.74) is 5.24. The number of nitro groups is 1. The number of aromatic nitrogens is 1. The van der Waals surface area contributed by atoms with E-state index in [1.165, 1.54) is 12.1 Å². The summed E-state index contributed by atoms with van der Waals surface area (Å²) in [5, 5.41) is 12.4. The number of benzene rings is 1. The second kappa shape index (κ2) is 3.86. The van der Waals surface area contributed by atoms with Gasteiger partial charge in [-0.15, -0.1) is 11.3 Å². The van der Waals surface area contributed by atoms with Gasteiger partial charge in [-0.05, 0) is 6.07 Å². The van der Waals surface area contributed by atoms with E-state index in [1.807, 2.05) is 0 Å². The van der Waals surface area contributed by atoms with Crippen molar-refractivity contribution in [3.05, 3.63) is 39.5 Å². The fourth-order valence-corrected chi connectivity index (χ4v) is 1.83. The smallest absolute Gasteiger partial charge is 0.305 e. The van der Waals surface area contributed by atoms with Crippen molar-refractivity contribution < 1.29 is 9.31 Å². The van der Waals surface area contributed by atoms with E-state index in [4.69, 9.17) is 5.73 Å². The van der Waals surface area contributed by atoms with Crippen LogP contribution < -0.4 is 5.73 Å². The average molecular weight is 239 g/mol. The highest BCUT2D eigenvalue weighted by molar-refractivity contribution is 7.13. The van der Waals surface area contributed by atoms with Crippen molar-refractivity contribution in [2.24, 2.45) is 0 Å². The standard InChI is InChI=1S/C9H6FN3O2S/c10-8-5(6-4-16-9(11)12-6)2-1-3-7(8)13(14)15/h1-4H,(H2,11,12). The van der Waals surface area contributed by atoms with E-state index >= 15 is 0 Å². The summed E-state index contributed by atoms with van der Waals surface area (Å²) in [6.45, 7) is 0. The Morgan fingerprint density at radius 1 is 1.50 bits per heavy atom. The lowest BCUT2D eigenvalue weighted by Crippen LogP contribution is -1.94. The third-order valence-corrected chi connectivity index (χ3v) is 2.65. The Morgan fingerprint density at radius 3 is 2.81 bits per heavy atom. The highest BCUT2D eigenvalue weighted by Gasteiger charge is 2.19. The highest BCUT2D eigenvalue weighted by Crippen LogP contribution is 2.30. The second-order valence-corrected chi connectivity index (χ2v) is 3.86. The first-order valence-corrected chi connectivity index (χ1v) is 5.12. The summed E-state index contributed by atoms with van der Waals surface area (Å²) < 4.78 is 13.7. The average Bonchev–Trinajstić information content (AvgIpc) is 2.64. The SMILES string of the molecule is Nc1nc(-c2cccc([N+](=O)[O-])c2F)cs1.